The molecule has 2 atom stereocenters. The molecule has 0 radical (unpaired) electrons. The average Bonchev–Trinajstić information content (AvgIpc) is 2.77. The monoisotopic (exact) mass is 411 g/mol. The van der Waals surface area contributed by atoms with Crippen molar-refractivity contribution in [2.45, 2.75) is 65.0 Å². The van der Waals surface area contributed by atoms with Crippen molar-refractivity contribution in [3.05, 3.63) is 39.8 Å². The Morgan fingerprint density at radius 3 is 2.73 bits per heavy atom. The highest BCUT2D eigenvalue weighted by Crippen LogP contribution is 2.35. The van der Waals surface area contributed by atoms with Gasteiger partial charge in [0.25, 0.3) is 11.5 Å². The molecule has 1 aliphatic carbocycles. The minimum Gasteiger partial charge on any atom is -0.452 e. The molecule has 0 unspecified atom stereocenters. The van der Waals surface area contributed by atoms with Crippen LogP contribution in [-0.2, 0) is 16.1 Å². The molecular weight excluding hydrogens is 382 g/mol. The first-order chi connectivity index (χ1) is 14.5. The van der Waals surface area contributed by atoms with E-state index in [2.05, 4.69) is 4.98 Å². The van der Waals surface area contributed by atoms with Gasteiger partial charge in [0, 0.05) is 19.1 Å². The van der Waals surface area contributed by atoms with E-state index in [0.29, 0.717) is 40.8 Å². The first kappa shape index (κ1) is 20.6. The number of hydrogen-bond acceptors (Lipinski definition) is 5. The number of rotatable bonds is 4. The molecule has 1 saturated carbocycles. The number of nitrogens with zero attached hydrogens (tertiary/aromatic N) is 3. The largest absolute Gasteiger partial charge is 0.452 e. The van der Waals surface area contributed by atoms with Gasteiger partial charge >= 0.3 is 5.97 Å². The lowest BCUT2D eigenvalue weighted by Crippen LogP contribution is -2.50. The molecule has 2 fully saturated rings. The first-order valence-corrected chi connectivity index (χ1v) is 11.0. The number of likely N-dealkylation sites (tertiary alicyclic amines) is 1. The summed E-state index contributed by atoms with van der Waals surface area (Å²) in [7, 11) is 0. The van der Waals surface area contributed by atoms with Crippen molar-refractivity contribution in [3.63, 3.8) is 0 Å². The lowest BCUT2D eigenvalue weighted by atomic mass is 9.78. The fourth-order valence-corrected chi connectivity index (χ4v) is 5.04. The second kappa shape index (κ2) is 8.58. The van der Waals surface area contributed by atoms with Gasteiger partial charge in [0.15, 0.2) is 6.61 Å². The van der Waals surface area contributed by atoms with Gasteiger partial charge in [-0.15, -0.1) is 0 Å². The van der Waals surface area contributed by atoms with Crippen molar-refractivity contribution in [2.24, 2.45) is 5.92 Å². The van der Waals surface area contributed by atoms with E-state index in [-0.39, 0.29) is 18.1 Å². The summed E-state index contributed by atoms with van der Waals surface area (Å²) in [5, 5.41) is 0. The Morgan fingerprint density at radius 1 is 1.17 bits per heavy atom. The fourth-order valence-electron chi connectivity index (χ4n) is 5.04. The molecule has 0 spiro atoms. The third kappa shape index (κ3) is 3.85. The van der Waals surface area contributed by atoms with Gasteiger partial charge in [0.2, 0.25) is 0 Å². The summed E-state index contributed by atoms with van der Waals surface area (Å²) in [5.41, 5.74) is 1.83. The molecule has 1 amide bonds. The highest BCUT2D eigenvalue weighted by molar-refractivity contribution is 5.94. The van der Waals surface area contributed by atoms with E-state index in [0.717, 1.165) is 25.8 Å². The van der Waals surface area contributed by atoms with Crippen LogP contribution in [-0.4, -0.2) is 45.5 Å². The van der Waals surface area contributed by atoms with E-state index in [1.165, 1.54) is 19.3 Å². The summed E-state index contributed by atoms with van der Waals surface area (Å²) in [6.45, 7) is 4.60. The summed E-state index contributed by atoms with van der Waals surface area (Å²) < 4.78 is 6.99. The molecule has 4 rings (SSSR count). The van der Waals surface area contributed by atoms with E-state index in [1.807, 2.05) is 11.8 Å². The maximum Gasteiger partial charge on any atom is 0.338 e. The van der Waals surface area contributed by atoms with Gasteiger partial charge in [0.05, 0.1) is 16.6 Å². The zero-order valence-corrected chi connectivity index (χ0v) is 17.7. The Labute approximate surface area is 176 Å². The third-order valence-corrected chi connectivity index (χ3v) is 6.55. The van der Waals surface area contributed by atoms with Crippen molar-refractivity contribution in [3.8, 4) is 0 Å². The molecule has 160 valence electrons. The Hall–Kier alpha value is -2.70. The summed E-state index contributed by atoms with van der Waals surface area (Å²) in [6, 6.07) is 5.26. The SMILES string of the molecule is CCn1c(=O)c(C)nc2cc(C(=O)OCC(=O)N3CCC[C@@H]4CCCC[C@@H]43)ccc21. The van der Waals surface area contributed by atoms with Crippen LogP contribution in [0.25, 0.3) is 11.0 Å². The number of ether oxygens (including phenoxy) is 1. The maximum absolute atomic E-state index is 12.8. The summed E-state index contributed by atoms with van der Waals surface area (Å²) in [5.74, 6) is -0.0520. The van der Waals surface area contributed by atoms with Crippen molar-refractivity contribution >= 4 is 22.9 Å². The Kier molecular flexibility index (Phi) is 5.88. The molecule has 2 heterocycles. The molecule has 30 heavy (non-hydrogen) atoms. The smallest absolute Gasteiger partial charge is 0.338 e. The maximum atomic E-state index is 12.8. The van der Waals surface area contributed by atoms with Crippen molar-refractivity contribution in [1.82, 2.24) is 14.5 Å². The second-order valence-electron chi connectivity index (χ2n) is 8.37. The van der Waals surface area contributed by atoms with Crippen LogP contribution in [0.3, 0.4) is 0 Å². The zero-order chi connectivity index (χ0) is 21.3. The summed E-state index contributed by atoms with van der Waals surface area (Å²) in [4.78, 5) is 43.8. The van der Waals surface area contributed by atoms with E-state index >= 15 is 0 Å². The van der Waals surface area contributed by atoms with Crippen LogP contribution in [0.4, 0.5) is 0 Å². The molecule has 1 saturated heterocycles. The standard InChI is InChI=1S/C23H29N3O4/c1-3-25-20-11-10-17(13-18(20)24-15(2)22(25)28)23(29)30-14-21(27)26-12-6-8-16-7-4-5-9-19(16)26/h10-11,13,16,19H,3-9,12,14H2,1-2H3/t16-,19-/m0/s1. The van der Waals surface area contributed by atoms with Crippen LogP contribution >= 0.6 is 0 Å². The number of benzene rings is 1. The molecule has 1 aliphatic heterocycles. The number of esters is 1. The molecule has 0 bridgehead atoms. The fraction of sp³-hybridized carbons (Fsp3) is 0.565. The molecular formula is C23H29N3O4. The average molecular weight is 412 g/mol. The van der Waals surface area contributed by atoms with Gasteiger partial charge in [-0.3, -0.25) is 9.59 Å². The number of aryl methyl sites for hydroxylation is 2. The summed E-state index contributed by atoms with van der Waals surface area (Å²) in [6.07, 6.45) is 6.88. The highest BCUT2D eigenvalue weighted by atomic mass is 16.5. The Bertz CT molecular complexity index is 1030. The van der Waals surface area contributed by atoms with E-state index in [4.69, 9.17) is 4.74 Å². The number of amides is 1. The second-order valence-corrected chi connectivity index (χ2v) is 8.37. The van der Waals surface area contributed by atoms with E-state index in [9.17, 15) is 14.4 Å². The molecule has 2 aromatic rings. The Balaban J connectivity index is 1.46. The van der Waals surface area contributed by atoms with Gasteiger partial charge in [0.1, 0.15) is 5.69 Å². The topological polar surface area (TPSA) is 81.5 Å². The third-order valence-electron chi connectivity index (χ3n) is 6.55. The number of aromatic nitrogens is 2. The number of fused-ring (bicyclic) bond motifs is 2. The molecule has 0 N–H and O–H groups in total. The number of piperidine rings is 1. The molecule has 7 heteroatoms. The van der Waals surface area contributed by atoms with Crippen LogP contribution in [0.15, 0.2) is 23.0 Å². The lowest BCUT2D eigenvalue weighted by Gasteiger charge is -2.44. The minimum atomic E-state index is -0.545. The van der Waals surface area contributed by atoms with Crippen molar-refractivity contribution < 1.29 is 14.3 Å². The summed E-state index contributed by atoms with van der Waals surface area (Å²) >= 11 is 0. The van der Waals surface area contributed by atoms with Crippen LogP contribution < -0.4 is 5.56 Å². The van der Waals surface area contributed by atoms with Crippen LogP contribution in [0.1, 0.15) is 61.5 Å². The Morgan fingerprint density at radius 2 is 1.93 bits per heavy atom. The van der Waals surface area contributed by atoms with Gasteiger partial charge in [-0.1, -0.05) is 12.8 Å². The van der Waals surface area contributed by atoms with E-state index < -0.39 is 5.97 Å². The molecule has 1 aromatic carbocycles. The van der Waals surface area contributed by atoms with Gasteiger partial charge in [-0.2, -0.15) is 0 Å². The minimum absolute atomic E-state index is 0.102. The normalized spacial score (nSPS) is 21.3. The predicted molar refractivity (Wildman–Crippen MR) is 113 cm³/mol. The predicted octanol–water partition coefficient (Wildman–Crippen LogP) is 3.06. The van der Waals surface area contributed by atoms with Crippen LogP contribution in [0.2, 0.25) is 0 Å². The van der Waals surface area contributed by atoms with Gasteiger partial charge < -0.3 is 14.2 Å². The highest BCUT2D eigenvalue weighted by Gasteiger charge is 2.35. The molecule has 2 aliphatic rings. The van der Waals surface area contributed by atoms with E-state index in [1.54, 1.807) is 29.7 Å². The number of carbonyl (C=O) groups excluding carboxylic acids is 2. The lowest BCUT2D eigenvalue weighted by molar-refractivity contribution is -0.140. The van der Waals surface area contributed by atoms with Crippen LogP contribution in [0.5, 0.6) is 0 Å². The van der Waals surface area contributed by atoms with Crippen molar-refractivity contribution in [2.75, 3.05) is 13.2 Å². The van der Waals surface area contributed by atoms with Crippen LogP contribution in [0, 0.1) is 12.8 Å². The number of carbonyl (C=O) groups is 2. The number of hydrogen-bond donors (Lipinski definition) is 0. The van der Waals surface area contributed by atoms with Gasteiger partial charge in [-0.25, -0.2) is 9.78 Å². The first-order valence-electron chi connectivity index (χ1n) is 11.0. The molecule has 7 nitrogen and oxygen atoms in total. The van der Waals surface area contributed by atoms with Gasteiger partial charge in [-0.05, 0) is 63.6 Å². The quantitative estimate of drug-likeness (QED) is 0.722. The van der Waals surface area contributed by atoms with Crippen molar-refractivity contribution in [1.29, 1.82) is 0 Å². The zero-order valence-electron chi connectivity index (χ0n) is 17.7. The molecule has 1 aromatic heterocycles.